The Balaban J connectivity index is 0.952. The van der Waals surface area contributed by atoms with Crippen LogP contribution in [0, 0.1) is 0 Å². The lowest BCUT2D eigenvalue weighted by atomic mass is 9.92. The molecule has 0 amide bonds. The fraction of sp³-hybridized carbons (Fsp3) is 0. The summed E-state index contributed by atoms with van der Waals surface area (Å²) in [6.07, 6.45) is 0. The maximum absolute atomic E-state index is 2.46. The van der Waals surface area contributed by atoms with E-state index in [1.165, 1.54) is 75.9 Å². The van der Waals surface area contributed by atoms with Crippen LogP contribution >= 0.6 is 11.3 Å². The molecule has 11 aromatic rings. The summed E-state index contributed by atoms with van der Waals surface area (Å²) in [6, 6.07) is 88.4. The molecule has 10 aromatic carbocycles. The highest BCUT2D eigenvalue weighted by Gasteiger charge is 2.27. The van der Waals surface area contributed by atoms with E-state index in [0.29, 0.717) is 0 Å². The molecule has 1 aliphatic rings. The number of thiophene rings is 1. The number of nitrogens with zero attached hydrogens (tertiary/aromatic N) is 2. The molecule has 0 spiro atoms. The van der Waals surface area contributed by atoms with Crippen LogP contribution in [0.15, 0.2) is 243 Å². The lowest BCUT2D eigenvalue weighted by molar-refractivity contribution is 1.28. The van der Waals surface area contributed by atoms with Gasteiger partial charge >= 0.3 is 0 Å². The van der Waals surface area contributed by atoms with Crippen molar-refractivity contribution in [3.05, 3.63) is 243 Å². The first-order valence-corrected chi connectivity index (χ1v) is 22.3. The van der Waals surface area contributed by atoms with Gasteiger partial charge < -0.3 is 9.80 Å². The molecule has 2 nitrogen and oxygen atoms in total. The highest BCUT2D eigenvalue weighted by molar-refractivity contribution is 7.25. The fourth-order valence-electron chi connectivity index (χ4n) is 9.35. The summed E-state index contributed by atoms with van der Waals surface area (Å²) in [5.41, 5.74) is 18.8. The first kappa shape index (κ1) is 36.8. The molecule has 3 heteroatoms. The van der Waals surface area contributed by atoms with Gasteiger partial charge in [0.25, 0.3) is 0 Å². The molecule has 0 saturated heterocycles. The predicted octanol–water partition coefficient (Wildman–Crippen LogP) is 17.6. The maximum Gasteiger partial charge on any atom is 0.0540 e. The van der Waals surface area contributed by atoms with Gasteiger partial charge in [0.05, 0.1) is 11.4 Å². The van der Waals surface area contributed by atoms with E-state index in [9.17, 15) is 0 Å². The van der Waals surface area contributed by atoms with E-state index < -0.39 is 0 Å². The minimum atomic E-state index is 1.09. The zero-order valence-corrected chi connectivity index (χ0v) is 35.2. The molecule has 12 rings (SSSR count). The zero-order chi connectivity index (χ0) is 41.7. The van der Waals surface area contributed by atoms with Crippen LogP contribution in [0.4, 0.5) is 34.1 Å². The molecular formula is C60H40N2S. The lowest BCUT2D eigenvalue weighted by Gasteiger charge is -2.28. The Labute approximate surface area is 371 Å². The molecule has 1 aromatic heterocycles. The topological polar surface area (TPSA) is 6.48 Å². The molecule has 0 atom stereocenters. The second kappa shape index (κ2) is 15.5. The quantitative estimate of drug-likeness (QED) is 0.158. The second-order valence-electron chi connectivity index (χ2n) is 16.1. The average molecular weight is 821 g/mol. The Morgan fingerprint density at radius 3 is 1.35 bits per heavy atom. The van der Waals surface area contributed by atoms with Crippen molar-refractivity contribution < 1.29 is 0 Å². The molecule has 2 heterocycles. The molecule has 0 aliphatic carbocycles. The molecule has 296 valence electrons. The molecule has 1 aliphatic heterocycles. The largest absolute Gasteiger partial charge is 0.311 e. The van der Waals surface area contributed by atoms with Crippen molar-refractivity contribution in [2.75, 3.05) is 9.80 Å². The van der Waals surface area contributed by atoms with Crippen molar-refractivity contribution in [2.24, 2.45) is 0 Å². The van der Waals surface area contributed by atoms with Gasteiger partial charge in [0.1, 0.15) is 0 Å². The van der Waals surface area contributed by atoms with Crippen molar-refractivity contribution in [1.82, 2.24) is 0 Å². The molecule has 0 N–H and O–H groups in total. The number of rotatable bonds is 7. The summed E-state index contributed by atoms with van der Waals surface area (Å²) < 4.78 is 2.61. The van der Waals surface area contributed by atoms with E-state index in [1.807, 2.05) is 11.3 Å². The molecular weight excluding hydrogens is 781 g/mol. The number of fused-ring (bicyclic) bond motifs is 8. The van der Waals surface area contributed by atoms with Gasteiger partial charge in [-0.25, -0.2) is 0 Å². The van der Waals surface area contributed by atoms with Gasteiger partial charge in [-0.1, -0.05) is 170 Å². The summed E-state index contributed by atoms with van der Waals surface area (Å²) in [5, 5.41) is 2.62. The average Bonchev–Trinajstić information content (AvgIpc) is 3.68. The second-order valence-corrected chi connectivity index (χ2v) is 17.2. The number of benzene rings is 10. The van der Waals surface area contributed by atoms with Crippen molar-refractivity contribution in [1.29, 1.82) is 0 Å². The summed E-state index contributed by atoms with van der Waals surface area (Å²) in [5.74, 6) is 0. The Hall–Kier alpha value is -7.98. The van der Waals surface area contributed by atoms with Gasteiger partial charge in [-0.2, -0.15) is 0 Å². The van der Waals surface area contributed by atoms with Gasteiger partial charge in [-0.3, -0.25) is 0 Å². The maximum atomic E-state index is 2.46. The van der Waals surface area contributed by atoms with Crippen molar-refractivity contribution in [3.8, 4) is 55.6 Å². The van der Waals surface area contributed by atoms with Crippen LogP contribution in [0.25, 0.3) is 75.8 Å². The molecule has 0 unspecified atom stereocenters. The molecule has 0 bridgehead atoms. The van der Waals surface area contributed by atoms with Gasteiger partial charge in [0, 0.05) is 54.0 Å². The third kappa shape index (κ3) is 6.58. The number of hydrogen-bond donors (Lipinski definition) is 0. The normalized spacial score (nSPS) is 11.8. The number of hydrogen-bond acceptors (Lipinski definition) is 3. The molecule has 0 saturated carbocycles. The monoisotopic (exact) mass is 820 g/mol. The Bertz CT molecular complexity index is 3340. The standard InChI is InChI=1S/C60H40N2S/c1-3-13-41(14-4-1)43-23-30-47(31-24-43)61(48-32-25-44(26-33-48)42-15-5-2-6-16-42)49-34-27-45(28-35-49)46-29-38-58-56(39-46)52-18-8-7-17-51(52)53-19-9-11-21-57(53)62(58)50-36-37-55-54-20-10-12-22-59(54)63-60(55)40-50/h1-40H. The van der Waals surface area contributed by atoms with E-state index in [-0.39, 0.29) is 0 Å². The summed E-state index contributed by atoms with van der Waals surface area (Å²) in [7, 11) is 0. The summed E-state index contributed by atoms with van der Waals surface area (Å²) in [6.45, 7) is 0. The van der Waals surface area contributed by atoms with Gasteiger partial charge in [-0.05, 0) is 117 Å². The summed E-state index contributed by atoms with van der Waals surface area (Å²) >= 11 is 1.86. The Morgan fingerprint density at radius 1 is 0.286 bits per heavy atom. The predicted molar refractivity (Wildman–Crippen MR) is 269 cm³/mol. The SMILES string of the molecule is c1ccc(-c2ccc(N(c3ccc(-c4ccccc4)cc3)c3ccc(-c4ccc5c(c4)-c4ccccc4-c4ccccc4N5c4ccc5c(c4)sc4ccccc45)cc3)cc2)cc1. The van der Waals surface area contributed by atoms with Crippen LogP contribution in [-0.2, 0) is 0 Å². The third-order valence-corrected chi connectivity index (χ3v) is 13.6. The Morgan fingerprint density at radius 2 is 0.730 bits per heavy atom. The van der Waals surface area contributed by atoms with Gasteiger partial charge in [0.2, 0.25) is 0 Å². The van der Waals surface area contributed by atoms with Gasteiger partial charge in [-0.15, -0.1) is 11.3 Å². The first-order chi connectivity index (χ1) is 31.2. The van der Waals surface area contributed by atoms with E-state index in [1.54, 1.807) is 0 Å². The lowest BCUT2D eigenvalue weighted by Crippen LogP contribution is -2.11. The van der Waals surface area contributed by atoms with Gasteiger partial charge in [0.15, 0.2) is 0 Å². The molecule has 0 fully saturated rings. The van der Waals surface area contributed by atoms with Crippen molar-refractivity contribution in [2.45, 2.75) is 0 Å². The van der Waals surface area contributed by atoms with E-state index in [2.05, 4.69) is 252 Å². The van der Waals surface area contributed by atoms with Crippen LogP contribution < -0.4 is 9.80 Å². The van der Waals surface area contributed by atoms with Crippen LogP contribution in [0.3, 0.4) is 0 Å². The highest BCUT2D eigenvalue weighted by atomic mass is 32.1. The Kier molecular flexibility index (Phi) is 9.06. The first-order valence-electron chi connectivity index (χ1n) is 21.5. The minimum absolute atomic E-state index is 1.09. The smallest absolute Gasteiger partial charge is 0.0540 e. The minimum Gasteiger partial charge on any atom is -0.311 e. The van der Waals surface area contributed by atoms with Crippen LogP contribution in [-0.4, -0.2) is 0 Å². The van der Waals surface area contributed by atoms with E-state index in [0.717, 1.165) is 34.0 Å². The molecule has 0 radical (unpaired) electrons. The fourth-order valence-corrected chi connectivity index (χ4v) is 10.5. The number of para-hydroxylation sites is 1. The van der Waals surface area contributed by atoms with Crippen molar-refractivity contribution >= 4 is 65.6 Å². The zero-order valence-electron chi connectivity index (χ0n) is 34.4. The summed E-state index contributed by atoms with van der Waals surface area (Å²) in [4.78, 5) is 4.81. The number of anilines is 6. The third-order valence-electron chi connectivity index (χ3n) is 12.4. The highest BCUT2D eigenvalue weighted by Crippen LogP contribution is 2.52. The molecule has 63 heavy (non-hydrogen) atoms. The van der Waals surface area contributed by atoms with Crippen LogP contribution in [0.2, 0.25) is 0 Å². The van der Waals surface area contributed by atoms with Crippen LogP contribution in [0.5, 0.6) is 0 Å². The van der Waals surface area contributed by atoms with Crippen molar-refractivity contribution in [3.63, 3.8) is 0 Å². The van der Waals surface area contributed by atoms with E-state index >= 15 is 0 Å². The van der Waals surface area contributed by atoms with E-state index in [4.69, 9.17) is 0 Å². The van der Waals surface area contributed by atoms with Crippen LogP contribution in [0.1, 0.15) is 0 Å².